The summed E-state index contributed by atoms with van der Waals surface area (Å²) in [7, 11) is 0. The number of carboxylic acid groups (broad SMARTS) is 2. The molecule has 44 heavy (non-hydrogen) atoms. The molecule has 0 saturated carbocycles. The number of aryl methyl sites for hydroxylation is 2. The summed E-state index contributed by atoms with van der Waals surface area (Å²) >= 11 is 3.73. The Morgan fingerprint density at radius 1 is 0.750 bits per heavy atom. The van der Waals surface area contributed by atoms with Crippen molar-refractivity contribution in [3.8, 4) is 0 Å². The van der Waals surface area contributed by atoms with Crippen molar-refractivity contribution in [1.29, 1.82) is 0 Å². The molecule has 0 unspecified atom stereocenters. The van der Waals surface area contributed by atoms with Crippen LogP contribution in [0.1, 0.15) is 73.6 Å². The average molecular weight is 641 g/mol. The Morgan fingerprint density at radius 2 is 1.14 bits per heavy atom. The molecule has 0 radical (unpaired) electrons. The van der Waals surface area contributed by atoms with Gasteiger partial charge in [0.15, 0.2) is 0 Å². The maximum atomic E-state index is 9.63. The monoisotopic (exact) mass is 640 g/mol. The van der Waals surface area contributed by atoms with Crippen molar-refractivity contribution in [1.82, 2.24) is 0 Å². The predicted octanol–water partition coefficient (Wildman–Crippen LogP) is 1.29. The van der Waals surface area contributed by atoms with E-state index in [9.17, 15) is 19.8 Å². The number of piperidine rings is 2. The summed E-state index contributed by atoms with van der Waals surface area (Å²) in [4.78, 5) is 19.3. The molecule has 2 aromatic carbocycles. The number of aliphatic carboxylic acids is 2. The zero-order valence-corrected chi connectivity index (χ0v) is 27.5. The Balaban J connectivity index is 0.000000157. The molecule has 0 bridgehead atoms. The number of aliphatic hydroxyl groups is 2. The molecule has 10 heteroatoms. The number of benzene rings is 2. The van der Waals surface area contributed by atoms with Crippen molar-refractivity contribution < 1.29 is 40.6 Å². The highest BCUT2D eigenvalue weighted by molar-refractivity contribution is 7.17. The van der Waals surface area contributed by atoms with E-state index in [0.717, 1.165) is 23.9 Å². The van der Waals surface area contributed by atoms with Gasteiger partial charge in [-0.25, -0.2) is 0 Å². The Labute approximate surface area is 266 Å². The van der Waals surface area contributed by atoms with E-state index in [0.29, 0.717) is 0 Å². The van der Waals surface area contributed by atoms with Gasteiger partial charge in [-0.2, -0.15) is 0 Å². The molecule has 8 nitrogen and oxygen atoms in total. The molecular weight excluding hydrogens is 597 g/mol. The number of nitrogens with two attached hydrogens (primary N) is 2. The minimum Gasteiger partial charge on any atom is -0.547 e. The first-order chi connectivity index (χ1) is 20.9. The lowest BCUT2D eigenvalue weighted by molar-refractivity contribution is -0.695. The number of quaternary nitrogens is 2. The quantitative estimate of drug-likeness (QED) is 0.258. The molecule has 6 atom stereocenters. The van der Waals surface area contributed by atoms with Crippen molar-refractivity contribution >= 4 is 54.8 Å². The molecule has 0 spiro atoms. The van der Waals surface area contributed by atoms with Gasteiger partial charge >= 0.3 is 0 Å². The summed E-state index contributed by atoms with van der Waals surface area (Å²) < 4.78 is 2.86. The van der Waals surface area contributed by atoms with Crippen molar-refractivity contribution in [3.05, 3.63) is 69.4 Å². The van der Waals surface area contributed by atoms with Crippen LogP contribution in [0, 0.1) is 13.8 Å². The topological polar surface area (TPSA) is 154 Å². The fourth-order valence-electron chi connectivity index (χ4n) is 6.21. The van der Waals surface area contributed by atoms with Gasteiger partial charge in [0.05, 0.1) is 37.1 Å². The van der Waals surface area contributed by atoms with Crippen molar-refractivity contribution in [2.45, 2.75) is 89.5 Å². The summed E-state index contributed by atoms with van der Waals surface area (Å²) in [6.07, 6.45) is 0.441. The molecule has 2 aliphatic heterocycles. The van der Waals surface area contributed by atoms with Crippen LogP contribution in [0.3, 0.4) is 0 Å². The SMILES string of the molecule is Cc1csc2ccc([C@@H]3CC[NH2+][C@@H](C)C3)cc12.Cc1csc2ccc([C@@H]3CC[NH2+][C@@H](C)C3)cc12.O=C([O-])[C@@H](O)[C@H](O)C(=O)[O-]. The number of thiophene rings is 2. The zero-order valence-electron chi connectivity index (χ0n) is 25.8. The second-order valence-electron chi connectivity index (χ2n) is 12.3. The number of hydrogen-bond donors (Lipinski definition) is 4. The Bertz CT molecular complexity index is 1450. The first kappa shape index (κ1) is 34.0. The number of carbonyl (C=O) groups excluding carboxylic acids is 2. The van der Waals surface area contributed by atoms with Crippen LogP contribution in [0.4, 0.5) is 0 Å². The number of hydrogen-bond acceptors (Lipinski definition) is 8. The van der Waals surface area contributed by atoms with E-state index in [1.807, 2.05) is 22.7 Å². The molecule has 4 heterocycles. The molecule has 2 aliphatic rings. The minimum atomic E-state index is -2.44. The second kappa shape index (κ2) is 15.4. The molecule has 4 aromatic rings. The zero-order chi connectivity index (χ0) is 32.0. The molecule has 2 aromatic heterocycles. The van der Waals surface area contributed by atoms with Gasteiger partial charge in [0.25, 0.3) is 0 Å². The highest BCUT2D eigenvalue weighted by Crippen LogP contribution is 2.33. The van der Waals surface area contributed by atoms with E-state index in [1.165, 1.54) is 70.1 Å². The smallest absolute Gasteiger partial charge is 0.124 e. The summed E-state index contributed by atoms with van der Waals surface area (Å²) in [5, 5.41) is 48.2. The fourth-order valence-corrected chi connectivity index (χ4v) is 8.06. The largest absolute Gasteiger partial charge is 0.547 e. The highest BCUT2D eigenvalue weighted by atomic mass is 32.1. The van der Waals surface area contributed by atoms with Crippen LogP contribution in [0.15, 0.2) is 47.2 Å². The molecule has 0 aliphatic carbocycles. The van der Waals surface area contributed by atoms with Gasteiger partial charge in [0, 0.05) is 35.1 Å². The Kier molecular flexibility index (Phi) is 11.9. The lowest BCUT2D eigenvalue weighted by Gasteiger charge is -2.25. The van der Waals surface area contributed by atoms with Crippen LogP contribution < -0.4 is 20.8 Å². The van der Waals surface area contributed by atoms with E-state index in [1.54, 1.807) is 11.1 Å². The second-order valence-corrected chi connectivity index (χ2v) is 14.1. The molecule has 0 amide bonds. The van der Waals surface area contributed by atoms with Gasteiger partial charge < -0.3 is 40.6 Å². The number of carboxylic acids is 2. The van der Waals surface area contributed by atoms with E-state index < -0.39 is 24.1 Å². The van der Waals surface area contributed by atoms with Crippen molar-refractivity contribution in [2.75, 3.05) is 13.1 Å². The van der Waals surface area contributed by atoms with Crippen LogP contribution in [-0.4, -0.2) is 59.5 Å². The van der Waals surface area contributed by atoms with Gasteiger partial charge in [-0.3, -0.25) is 0 Å². The average Bonchev–Trinajstić information content (AvgIpc) is 3.58. The lowest BCUT2D eigenvalue weighted by Crippen LogP contribution is -2.91. The highest BCUT2D eigenvalue weighted by Gasteiger charge is 2.24. The number of aliphatic hydroxyl groups excluding tert-OH is 2. The maximum Gasteiger partial charge on any atom is 0.124 e. The van der Waals surface area contributed by atoms with Gasteiger partial charge in [-0.1, -0.05) is 12.1 Å². The predicted molar refractivity (Wildman–Crippen MR) is 172 cm³/mol. The Morgan fingerprint density at radius 3 is 1.48 bits per heavy atom. The lowest BCUT2D eigenvalue weighted by atomic mass is 9.86. The fraction of sp³-hybridized carbons (Fsp3) is 0.471. The van der Waals surface area contributed by atoms with Gasteiger partial charge in [0.2, 0.25) is 0 Å². The third kappa shape index (κ3) is 8.65. The molecule has 238 valence electrons. The number of fused-ring (bicyclic) bond motifs is 2. The third-order valence-electron chi connectivity index (χ3n) is 8.79. The summed E-state index contributed by atoms with van der Waals surface area (Å²) in [6.45, 7) is 11.7. The minimum absolute atomic E-state index is 0.777. The number of rotatable bonds is 5. The summed E-state index contributed by atoms with van der Waals surface area (Å²) in [6, 6.07) is 15.8. The molecule has 2 fully saturated rings. The molecular formula is C34H44N2O6S2. The van der Waals surface area contributed by atoms with E-state index >= 15 is 0 Å². The first-order valence-electron chi connectivity index (χ1n) is 15.3. The van der Waals surface area contributed by atoms with E-state index in [4.69, 9.17) is 10.2 Å². The summed E-state index contributed by atoms with van der Waals surface area (Å²) in [5.74, 6) is -2.56. The van der Waals surface area contributed by atoms with Crippen LogP contribution >= 0.6 is 22.7 Å². The van der Waals surface area contributed by atoms with E-state index in [2.05, 4.69) is 85.5 Å². The van der Waals surface area contributed by atoms with Gasteiger partial charge in [-0.15, -0.1) is 22.7 Å². The number of carbonyl (C=O) groups is 2. The van der Waals surface area contributed by atoms with Gasteiger partial charge in [-0.05, 0) is 108 Å². The van der Waals surface area contributed by atoms with Crippen LogP contribution in [0.5, 0.6) is 0 Å². The van der Waals surface area contributed by atoms with E-state index in [-0.39, 0.29) is 0 Å². The van der Waals surface area contributed by atoms with Gasteiger partial charge in [0.1, 0.15) is 12.2 Å². The standard InChI is InChI=1S/2C15H19NS.C4H6O6/c2*1-10-9-17-15-4-3-12(8-14(10)15)13-5-6-16-11(2)7-13;5-1(3(7)8)2(6)4(9)10/h2*3-4,8-9,11,13,16H,5-7H2,1-2H3;1-2,5-6H,(H,7,8)(H,9,10)/t2*11-,13+;1-,2-/m000/s1. The van der Waals surface area contributed by atoms with Crippen LogP contribution in [0.25, 0.3) is 20.2 Å². The normalized spacial score (nSPS) is 23.1. The van der Waals surface area contributed by atoms with Crippen LogP contribution in [0.2, 0.25) is 0 Å². The first-order valence-corrected chi connectivity index (χ1v) is 17.1. The van der Waals surface area contributed by atoms with Crippen molar-refractivity contribution in [2.24, 2.45) is 0 Å². The van der Waals surface area contributed by atoms with Crippen LogP contribution in [-0.2, 0) is 9.59 Å². The molecule has 6 rings (SSSR count). The summed E-state index contributed by atoms with van der Waals surface area (Å²) in [5.41, 5.74) is 5.97. The third-order valence-corrected chi connectivity index (χ3v) is 11.0. The Hall–Kier alpha value is -2.86. The molecule has 6 N–H and O–H groups in total. The van der Waals surface area contributed by atoms with Crippen molar-refractivity contribution in [3.63, 3.8) is 0 Å². The molecule has 2 saturated heterocycles. The maximum absolute atomic E-state index is 9.63.